The number of hydrogen-bond acceptors (Lipinski definition) is 5. The van der Waals surface area contributed by atoms with Crippen LogP contribution >= 0.6 is 0 Å². The van der Waals surface area contributed by atoms with Crippen LogP contribution in [-0.4, -0.2) is 54.1 Å². The van der Waals surface area contributed by atoms with Gasteiger partial charge in [-0.15, -0.1) is 0 Å². The van der Waals surface area contributed by atoms with E-state index < -0.39 is 0 Å². The van der Waals surface area contributed by atoms with Gasteiger partial charge < -0.3 is 10.2 Å². The van der Waals surface area contributed by atoms with Crippen molar-refractivity contribution in [2.24, 2.45) is 0 Å². The molecule has 1 N–H and O–H groups in total. The van der Waals surface area contributed by atoms with Crippen LogP contribution in [0.4, 0.5) is 11.6 Å². The molecule has 0 amide bonds. The number of anilines is 2. The Kier molecular flexibility index (Phi) is 7.66. The highest BCUT2D eigenvalue weighted by atomic mass is 15.3. The highest BCUT2D eigenvalue weighted by molar-refractivity contribution is 5.49. The number of nitrogens with one attached hydrogen (secondary N) is 1. The molecule has 1 fully saturated rings. The molecule has 0 radical (unpaired) electrons. The van der Waals surface area contributed by atoms with Crippen molar-refractivity contribution in [2.75, 3.05) is 49.5 Å². The minimum absolute atomic E-state index is 0.935. The Morgan fingerprint density at radius 1 is 1.04 bits per heavy atom. The lowest BCUT2D eigenvalue weighted by molar-refractivity contribution is 0.283. The van der Waals surface area contributed by atoms with E-state index in [0.29, 0.717) is 0 Å². The maximum Gasteiger partial charge on any atom is 0.134 e. The second-order valence-corrected chi connectivity index (χ2v) is 7.00. The van der Waals surface area contributed by atoms with Crippen LogP contribution in [0.1, 0.15) is 31.7 Å². The van der Waals surface area contributed by atoms with Gasteiger partial charge in [0.1, 0.15) is 18.0 Å². The molecule has 0 unspecified atom stereocenters. The van der Waals surface area contributed by atoms with Crippen molar-refractivity contribution >= 4 is 17.7 Å². The first-order valence-corrected chi connectivity index (χ1v) is 10.1. The van der Waals surface area contributed by atoms with Crippen LogP contribution in [0.3, 0.4) is 0 Å². The normalized spacial score (nSPS) is 15.4. The van der Waals surface area contributed by atoms with Crippen LogP contribution in [0.25, 0.3) is 6.08 Å². The van der Waals surface area contributed by atoms with Crippen molar-refractivity contribution in [3.05, 3.63) is 54.4 Å². The maximum absolute atomic E-state index is 4.48. The fraction of sp³-hybridized carbons (Fsp3) is 0.455. The van der Waals surface area contributed by atoms with Crippen LogP contribution in [-0.2, 0) is 0 Å². The number of rotatable bonds is 9. The van der Waals surface area contributed by atoms with E-state index in [9.17, 15) is 0 Å². The van der Waals surface area contributed by atoms with Crippen LogP contribution in [0.5, 0.6) is 0 Å². The lowest BCUT2D eigenvalue weighted by atomic mass is 10.2. The summed E-state index contributed by atoms with van der Waals surface area (Å²) < 4.78 is 0. The van der Waals surface area contributed by atoms with Gasteiger partial charge >= 0.3 is 0 Å². The van der Waals surface area contributed by atoms with E-state index in [1.807, 2.05) is 0 Å². The summed E-state index contributed by atoms with van der Waals surface area (Å²) in [5, 5.41) is 3.41. The molecule has 0 spiro atoms. The fourth-order valence-corrected chi connectivity index (χ4v) is 3.27. The Bertz CT molecular complexity index is 693. The van der Waals surface area contributed by atoms with E-state index >= 15 is 0 Å². The van der Waals surface area contributed by atoms with Crippen LogP contribution in [0.15, 0.2) is 48.8 Å². The Morgan fingerprint density at radius 3 is 2.63 bits per heavy atom. The van der Waals surface area contributed by atoms with Crippen molar-refractivity contribution in [1.29, 1.82) is 0 Å². The molecule has 1 aromatic heterocycles. The predicted molar refractivity (Wildman–Crippen MR) is 114 cm³/mol. The summed E-state index contributed by atoms with van der Waals surface area (Å²) in [6.07, 6.45) is 9.81. The molecule has 1 aromatic carbocycles. The van der Waals surface area contributed by atoms with Crippen molar-refractivity contribution in [3.63, 3.8) is 0 Å². The molecule has 0 atom stereocenters. The number of hydrogen-bond donors (Lipinski definition) is 1. The van der Waals surface area contributed by atoms with Gasteiger partial charge in [-0.2, -0.15) is 0 Å². The number of piperazine rings is 1. The molecule has 144 valence electrons. The van der Waals surface area contributed by atoms with Crippen molar-refractivity contribution in [1.82, 2.24) is 14.9 Å². The zero-order chi connectivity index (χ0) is 18.7. The van der Waals surface area contributed by atoms with E-state index in [0.717, 1.165) is 50.9 Å². The number of benzene rings is 1. The van der Waals surface area contributed by atoms with E-state index in [4.69, 9.17) is 0 Å². The van der Waals surface area contributed by atoms with Gasteiger partial charge in [0.05, 0.1) is 0 Å². The Hall–Kier alpha value is -2.40. The van der Waals surface area contributed by atoms with Crippen LogP contribution in [0.2, 0.25) is 0 Å². The largest absolute Gasteiger partial charge is 0.370 e. The van der Waals surface area contributed by atoms with E-state index in [1.54, 1.807) is 6.33 Å². The molecule has 1 aliphatic heterocycles. The Labute approximate surface area is 163 Å². The second kappa shape index (κ2) is 10.7. The number of aromatic nitrogens is 2. The Morgan fingerprint density at radius 2 is 1.85 bits per heavy atom. The first kappa shape index (κ1) is 19.4. The molecular weight excluding hydrogens is 334 g/mol. The topological polar surface area (TPSA) is 44.3 Å². The van der Waals surface area contributed by atoms with Gasteiger partial charge in [0.15, 0.2) is 0 Å². The quantitative estimate of drug-likeness (QED) is 0.683. The van der Waals surface area contributed by atoms with E-state index in [1.165, 1.54) is 24.8 Å². The molecule has 1 aliphatic rings. The maximum atomic E-state index is 4.48. The predicted octanol–water partition coefficient (Wildman–Crippen LogP) is 3.91. The van der Waals surface area contributed by atoms with E-state index in [2.05, 4.69) is 80.6 Å². The SMILES string of the molecule is CCCCCNc1cc(N2CCN(C/C=C/c3ccccc3)CC2)ncn1. The van der Waals surface area contributed by atoms with Crippen LogP contribution in [0, 0.1) is 0 Å². The molecule has 2 heterocycles. The fourth-order valence-electron chi connectivity index (χ4n) is 3.27. The second-order valence-electron chi connectivity index (χ2n) is 7.00. The van der Waals surface area contributed by atoms with Gasteiger partial charge in [0.2, 0.25) is 0 Å². The summed E-state index contributed by atoms with van der Waals surface area (Å²) >= 11 is 0. The van der Waals surface area contributed by atoms with E-state index in [-0.39, 0.29) is 0 Å². The molecule has 0 aliphatic carbocycles. The summed E-state index contributed by atoms with van der Waals surface area (Å²) in [5.41, 5.74) is 1.26. The summed E-state index contributed by atoms with van der Waals surface area (Å²) in [6.45, 7) is 8.32. The number of nitrogens with zero attached hydrogens (tertiary/aromatic N) is 4. The first-order chi connectivity index (χ1) is 13.3. The third-order valence-electron chi connectivity index (χ3n) is 4.91. The summed E-state index contributed by atoms with van der Waals surface area (Å²) in [7, 11) is 0. The summed E-state index contributed by atoms with van der Waals surface area (Å²) in [6, 6.07) is 12.6. The average Bonchev–Trinajstić information content (AvgIpc) is 2.73. The smallest absolute Gasteiger partial charge is 0.134 e. The van der Waals surface area contributed by atoms with Gasteiger partial charge in [-0.3, -0.25) is 4.90 Å². The Balaban J connectivity index is 1.44. The minimum atomic E-state index is 0.935. The van der Waals surface area contributed by atoms with Crippen molar-refractivity contribution < 1.29 is 0 Å². The zero-order valence-corrected chi connectivity index (χ0v) is 16.3. The van der Waals surface area contributed by atoms with Crippen molar-refractivity contribution in [2.45, 2.75) is 26.2 Å². The number of unbranched alkanes of at least 4 members (excludes halogenated alkanes) is 2. The highest BCUT2D eigenvalue weighted by Crippen LogP contribution is 2.16. The molecule has 3 rings (SSSR count). The average molecular weight is 366 g/mol. The highest BCUT2D eigenvalue weighted by Gasteiger charge is 2.17. The molecule has 0 bridgehead atoms. The molecule has 0 saturated carbocycles. The first-order valence-electron chi connectivity index (χ1n) is 10.1. The standard InChI is InChI=1S/C22H31N5/c1-2-3-7-12-23-21-18-22(25-19-24-21)27-16-14-26(15-17-27)13-8-11-20-9-5-4-6-10-20/h4-6,8-11,18-19H,2-3,7,12-17H2,1H3,(H,23,24,25)/b11-8+. The van der Waals surface area contributed by atoms with Gasteiger partial charge in [0.25, 0.3) is 0 Å². The van der Waals surface area contributed by atoms with Crippen molar-refractivity contribution in [3.8, 4) is 0 Å². The third kappa shape index (κ3) is 6.36. The third-order valence-corrected chi connectivity index (χ3v) is 4.91. The summed E-state index contributed by atoms with van der Waals surface area (Å²) in [4.78, 5) is 13.7. The molecule has 27 heavy (non-hydrogen) atoms. The lowest BCUT2D eigenvalue weighted by Crippen LogP contribution is -2.46. The molecular formula is C22H31N5. The molecule has 5 nitrogen and oxygen atoms in total. The summed E-state index contributed by atoms with van der Waals surface area (Å²) in [5.74, 6) is 1.96. The minimum Gasteiger partial charge on any atom is -0.370 e. The zero-order valence-electron chi connectivity index (χ0n) is 16.3. The monoisotopic (exact) mass is 365 g/mol. The van der Waals surface area contributed by atoms with Gasteiger partial charge in [-0.1, -0.05) is 62.2 Å². The molecule has 5 heteroatoms. The van der Waals surface area contributed by atoms with Crippen LogP contribution < -0.4 is 10.2 Å². The van der Waals surface area contributed by atoms with Gasteiger partial charge in [0, 0.05) is 45.3 Å². The molecule has 2 aromatic rings. The van der Waals surface area contributed by atoms with Gasteiger partial charge in [-0.05, 0) is 12.0 Å². The lowest BCUT2D eigenvalue weighted by Gasteiger charge is -2.34. The molecule has 1 saturated heterocycles. The van der Waals surface area contributed by atoms with Gasteiger partial charge in [-0.25, -0.2) is 9.97 Å².